The summed E-state index contributed by atoms with van der Waals surface area (Å²) in [6, 6.07) is 6.37. The predicted octanol–water partition coefficient (Wildman–Crippen LogP) is 3.08. The van der Waals surface area contributed by atoms with E-state index in [1.807, 2.05) is 0 Å². The molecule has 0 fully saturated rings. The molecule has 0 radical (unpaired) electrons. The molecule has 0 aliphatic heterocycles. The Bertz CT molecular complexity index is 689. The minimum absolute atomic E-state index is 0.0592. The number of carbonyl (C=O) groups is 1. The van der Waals surface area contributed by atoms with E-state index in [0.717, 1.165) is 15.6 Å². The fraction of sp³-hybridized carbons (Fsp3) is 0.0909. The van der Waals surface area contributed by atoms with Crippen LogP contribution >= 0.6 is 22.9 Å². The van der Waals surface area contributed by atoms with Crippen LogP contribution < -0.4 is 4.31 Å². The third-order valence-electron chi connectivity index (χ3n) is 2.33. The maximum Gasteiger partial charge on any atom is 0.357 e. The average molecular weight is 333 g/mol. The highest BCUT2D eigenvalue weighted by Crippen LogP contribution is 2.38. The van der Waals surface area contributed by atoms with Crippen molar-refractivity contribution >= 4 is 50.9 Å². The quantitative estimate of drug-likeness (QED) is 0.840. The van der Waals surface area contributed by atoms with Crippen LogP contribution in [0, 0.1) is 6.92 Å². The number of hydrogen-bond acceptors (Lipinski definition) is 4. The first-order valence-electron chi connectivity index (χ1n) is 5.28. The van der Waals surface area contributed by atoms with E-state index in [-0.39, 0.29) is 21.4 Å². The van der Waals surface area contributed by atoms with Gasteiger partial charge in [0.05, 0.1) is 15.7 Å². The van der Waals surface area contributed by atoms with Gasteiger partial charge in [0.2, 0.25) is 0 Å². The summed E-state index contributed by atoms with van der Waals surface area (Å²) in [5.74, 6) is -1.27. The molecule has 9 heteroatoms. The lowest BCUT2D eigenvalue weighted by Crippen LogP contribution is -2.20. The van der Waals surface area contributed by atoms with Gasteiger partial charge < -0.3 is 5.11 Å². The van der Waals surface area contributed by atoms with Crippen molar-refractivity contribution in [2.24, 2.45) is 0 Å². The molecule has 20 heavy (non-hydrogen) atoms. The summed E-state index contributed by atoms with van der Waals surface area (Å²) in [5, 5.41) is 9.89. The first kappa shape index (κ1) is 14.9. The Hall–Kier alpha value is -1.48. The Morgan fingerprint density at radius 2 is 2.10 bits per heavy atom. The van der Waals surface area contributed by atoms with Crippen molar-refractivity contribution in [1.82, 2.24) is 4.98 Å². The number of aromatic carboxylic acids is 1. The Labute approximate surface area is 126 Å². The minimum atomic E-state index is -2.47. The van der Waals surface area contributed by atoms with E-state index in [1.54, 1.807) is 25.1 Å². The molecule has 1 aromatic carbocycles. The molecular weight excluding hydrogens is 324 g/mol. The number of halogens is 1. The molecule has 1 heterocycles. The summed E-state index contributed by atoms with van der Waals surface area (Å²) in [7, 11) is 0. The largest absolute Gasteiger partial charge is 0.476 e. The monoisotopic (exact) mass is 332 g/mol. The fourth-order valence-corrected chi connectivity index (χ4v) is 3.53. The number of hydrogen-bond donors (Lipinski definition) is 2. The Morgan fingerprint density at radius 1 is 1.45 bits per heavy atom. The van der Waals surface area contributed by atoms with Gasteiger partial charge in [0.15, 0.2) is 5.69 Å². The number of nitrogens with zero attached hydrogens (tertiary/aromatic N) is 2. The molecule has 0 saturated carbocycles. The predicted molar refractivity (Wildman–Crippen MR) is 78.2 cm³/mol. The van der Waals surface area contributed by atoms with E-state index < -0.39 is 17.2 Å². The second-order valence-electron chi connectivity index (χ2n) is 3.67. The molecule has 1 unspecified atom stereocenters. The van der Waals surface area contributed by atoms with E-state index >= 15 is 0 Å². The van der Waals surface area contributed by atoms with Crippen LogP contribution in [0.2, 0.25) is 5.02 Å². The van der Waals surface area contributed by atoms with Crippen LogP contribution in [0.4, 0.5) is 10.7 Å². The van der Waals surface area contributed by atoms with E-state index in [4.69, 9.17) is 16.7 Å². The van der Waals surface area contributed by atoms with Crippen LogP contribution in [0.25, 0.3) is 0 Å². The van der Waals surface area contributed by atoms with Crippen LogP contribution in [0.3, 0.4) is 0 Å². The third-order valence-corrected chi connectivity index (χ3v) is 4.41. The zero-order chi connectivity index (χ0) is 14.9. The van der Waals surface area contributed by atoms with Gasteiger partial charge in [-0.05, 0) is 19.1 Å². The number of benzene rings is 1. The highest BCUT2D eigenvalue weighted by atomic mass is 35.5. The molecule has 0 aliphatic rings. The van der Waals surface area contributed by atoms with Gasteiger partial charge in [-0.1, -0.05) is 35.1 Å². The number of carboxylic acids is 1. The van der Waals surface area contributed by atoms with Gasteiger partial charge in [0.25, 0.3) is 11.3 Å². The van der Waals surface area contributed by atoms with E-state index in [0.29, 0.717) is 5.01 Å². The van der Waals surface area contributed by atoms with Crippen molar-refractivity contribution in [3.05, 3.63) is 40.0 Å². The van der Waals surface area contributed by atoms with Crippen molar-refractivity contribution in [3.63, 3.8) is 0 Å². The molecule has 1 aromatic heterocycles. The SMILES string of the molecule is Cc1nc(C(=O)O)c(N(c2ccccc2Cl)S(=O)O)s1. The average Bonchev–Trinajstić information content (AvgIpc) is 2.74. The normalized spacial score (nSPS) is 12.2. The molecule has 2 rings (SSSR count). The van der Waals surface area contributed by atoms with Crippen molar-refractivity contribution in [2.45, 2.75) is 6.92 Å². The lowest BCUT2D eigenvalue weighted by Gasteiger charge is -2.19. The summed E-state index contributed by atoms with van der Waals surface area (Å²) in [4.78, 5) is 15.0. The zero-order valence-corrected chi connectivity index (χ0v) is 12.5. The Balaban J connectivity index is 2.64. The van der Waals surface area contributed by atoms with Gasteiger partial charge in [0, 0.05) is 0 Å². The number of aryl methyl sites for hydroxylation is 1. The molecule has 2 aromatic rings. The van der Waals surface area contributed by atoms with Crippen molar-refractivity contribution in [3.8, 4) is 0 Å². The maximum absolute atomic E-state index is 11.6. The standard InChI is InChI=1S/C11H9ClN2O4S2/c1-6-13-9(11(15)16)10(19-6)14(20(17)18)8-5-3-2-4-7(8)12/h2-5H,1H3,(H,15,16)(H,17,18). The summed E-state index contributed by atoms with van der Waals surface area (Å²) in [5.41, 5.74) is -0.0454. The summed E-state index contributed by atoms with van der Waals surface area (Å²) < 4.78 is 22.0. The van der Waals surface area contributed by atoms with Gasteiger partial charge in [-0.3, -0.25) is 4.55 Å². The third kappa shape index (κ3) is 2.83. The summed E-state index contributed by atoms with van der Waals surface area (Å²) >= 11 is 4.53. The van der Waals surface area contributed by atoms with Crippen molar-refractivity contribution in [1.29, 1.82) is 0 Å². The molecular formula is C11H9ClN2O4S2. The second-order valence-corrected chi connectivity index (χ2v) is 6.08. The highest BCUT2D eigenvalue weighted by molar-refractivity contribution is 7.81. The van der Waals surface area contributed by atoms with Gasteiger partial charge in [-0.15, -0.1) is 0 Å². The fourth-order valence-electron chi connectivity index (χ4n) is 1.57. The molecule has 2 N–H and O–H groups in total. The number of carboxylic acid groups (broad SMARTS) is 1. The molecule has 0 amide bonds. The minimum Gasteiger partial charge on any atom is -0.476 e. The molecule has 1 atom stereocenters. The Kier molecular flexibility index (Phi) is 4.39. The first-order chi connectivity index (χ1) is 9.41. The number of anilines is 2. The smallest absolute Gasteiger partial charge is 0.357 e. The number of aromatic nitrogens is 1. The molecule has 6 nitrogen and oxygen atoms in total. The molecule has 0 saturated heterocycles. The van der Waals surface area contributed by atoms with E-state index in [9.17, 15) is 13.6 Å². The zero-order valence-electron chi connectivity index (χ0n) is 10.1. The molecule has 0 spiro atoms. The van der Waals surface area contributed by atoms with Crippen LogP contribution in [-0.2, 0) is 11.3 Å². The molecule has 0 bridgehead atoms. The number of rotatable bonds is 4. The van der Waals surface area contributed by atoms with Gasteiger partial charge >= 0.3 is 5.97 Å². The van der Waals surface area contributed by atoms with Crippen LogP contribution in [0.1, 0.15) is 15.5 Å². The maximum atomic E-state index is 11.6. The summed E-state index contributed by atoms with van der Waals surface area (Å²) in [6.45, 7) is 1.62. The number of para-hydroxylation sites is 1. The second kappa shape index (κ2) is 5.88. The van der Waals surface area contributed by atoms with Crippen molar-refractivity contribution < 1.29 is 18.7 Å². The lowest BCUT2D eigenvalue weighted by molar-refractivity contribution is 0.0692. The molecule has 0 aliphatic carbocycles. The van der Waals surface area contributed by atoms with Crippen LogP contribution in [-0.4, -0.2) is 24.8 Å². The molecule has 106 valence electrons. The van der Waals surface area contributed by atoms with Crippen LogP contribution in [0.15, 0.2) is 24.3 Å². The van der Waals surface area contributed by atoms with Crippen LogP contribution in [0.5, 0.6) is 0 Å². The first-order valence-corrected chi connectivity index (χ1v) is 7.54. The highest BCUT2D eigenvalue weighted by Gasteiger charge is 2.27. The number of thiazole rings is 1. The van der Waals surface area contributed by atoms with Gasteiger partial charge in [0.1, 0.15) is 5.00 Å². The van der Waals surface area contributed by atoms with Gasteiger partial charge in [-0.25, -0.2) is 18.3 Å². The van der Waals surface area contributed by atoms with E-state index in [1.165, 1.54) is 6.07 Å². The lowest BCUT2D eigenvalue weighted by atomic mass is 10.3. The van der Waals surface area contributed by atoms with E-state index in [2.05, 4.69) is 4.98 Å². The van der Waals surface area contributed by atoms with Gasteiger partial charge in [-0.2, -0.15) is 0 Å². The Morgan fingerprint density at radius 3 is 2.65 bits per heavy atom. The van der Waals surface area contributed by atoms with Crippen molar-refractivity contribution in [2.75, 3.05) is 4.31 Å². The topological polar surface area (TPSA) is 90.7 Å². The summed E-state index contributed by atoms with van der Waals surface area (Å²) in [6.07, 6.45) is 0.